The van der Waals surface area contributed by atoms with Crippen LogP contribution in [0.4, 0.5) is 0 Å². The van der Waals surface area contributed by atoms with Crippen LogP contribution < -0.4 is 5.32 Å². The summed E-state index contributed by atoms with van der Waals surface area (Å²) >= 11 is 0. The largest absolute Gasteiger partial charge is 0.481 e. The molecule has 0 aromatic carbocycles. The van der Waals surface area contributed by atoms with E-state index in [1.165, 1.54) is 0 Å². The number of hydrogen-bond donors (Lipinski definition) is 2. The fraction of sp³-hybridized carbons (Fsp3) is 0.833. The summed E-state index contributed by atoms with van der Waals surface area (Å²) in [6, 6.07) is 0.597. The van der Waals surface area contributed by atoms with Crippen molar-refractivity contribution in [3.05, 3.63) is 0 Å². The van der Waals surface area contributed by atoms with Crippen molar-refractivity contribution in [2.45, 2.75) is 51.6 Å². The highest BCUT2D eigenvalue weighted by atomic mass is 16.4. The Morgan fingerprint density at radius 3 is 2.59 bits per heavy atom. The van der Waals surface area contributed by atoms with Crippen LogP contribution in [0.1, 0.15) is 39.5 Å². The summed E-state index contributed by atoms with van der Waals surface area (Å²) in [5.41, 5.74) is 0. The van der Waals surface area contributed by atoms with Crippen LogP contribution in [0, 0.1) is 0 Å². The Hall–Kier alpha value is -1.10. The van der Waals surface area contributed by atoms with Gasteiger partial charge in [-0.25, -0.2) is 0 Å². The van der Waals surface area contributed by atoms with Crippen LogP contribution in [0.5, 0.6) is 0 Å². The normalized spacial score (nSPS) is 16.6. The summed E-state index contributed by atoms with van der Waals surface area (Å²) in [6.07, 6.45) is 3.03. The first-order valence-electron chi connectivity index (χ1n) is 6.29. The molecule has 0 radical (unpaired) electrons. The van der Waals surface area contributed by atoms with Gasteiger partial charge in [-0.05, 0) is 26.2 Å². The number of nitrogens with zero attached hydrogens (tertiary/aromatic N) is 1. The number of rotatable bonds is 8. The molecule has 5 heteroatoms. The third-order valence-corrected chi connectivity index (χ3v) is 3.09. The number of carboxylic acids is 1. The van der Waals surface area contributed by atoms with Crippen LogP contribution in [-0.4, -0.2) is 47.1 Å². The first-order valence-corrected chi connectivity index (χ1v) is 6.29. The van der Waals surface area contributed by atoms with E-state index in [1.807, 2.05) is 6.92 Å². The van der Waals surface area contributed by atoms with Gasteiger partial charge in [0.05, 0.1) is 13.0 Å². The predicted octanol–water partition coefficient (Wildman–Crippen LogP) is 0.840. The molecule has 5 nitrogen and oxygen atoms in total. The van der Waals surface area contributed by atoms with Crippen molar-refractivity contribution in [2.75, 3.05) is 13.1 Å². The van der Waals surface area contributed by atoms with Crippen LogP contribution in [0.3, 0.4) is 0 Å². The van der Waals surface area contributed by atoms with Crippen LogP contribution in [-0.2, 0) is 9.59 Å². The first-order chi connectivity index (χ1) is 8.04. The van der Waals surface area contributed by atoms with Gasteiger partial charge in [-0.2, -0.15) is 0 Å². The molecule has 1 atom stereocenters. The Bertz CT molecular complexity index is 277. The highest BCUT2D eigenvalue weighted by Gasteiger charge is 2.32. The molecule has 0 heterocycles. The first kappa shape index (κ1) is 14.0. The lowest BCUT2D eigenvalue weighted by Gasteiger charge is -2.22. The van der Waals surface area contributed by atoms with E-state index in [9.17, 15) is 9.59 Å². The van der Waals surface area contributed by atoms with Gasteiger partial charge in [-0.3, -0.25) is 9.59 Å². The van der Waals surface area contributed by atoms with Crippen molar-refractivity contribution >= 4 is 11.9 Å². The highest BCUT2D eigenvalue weighted by Crippen LogP contribution is 2.26. The molecule has 1 aliphatic carbocycles. The fourth-order valence-corrected chi connectivity index (χ4v) is 1.62. The van der Waals surface area contributed by atoms with E-state index in [-0.39, 0.29) is 18.4 Å². The molecule has 0 aromatic heterocycles. The Labute approximate surface area is 102 Å². The van der Waals surface area contributed by atoms with Gasteiger partial charge in [-0.1, -0.05) is 6.92 Å². The third-order valence-electron chi connectivity index (χ3n) is 3.09. The van der Waals surface area contributed by atoms with E-state index in [1.54, 1.807) is 4.90 Å². The van der Waals surface area contributed by atoms with E-state index in [0.717, 1.165) is 19.3 Å². The Kier molecular flexibility index (Phi) is 5.41. The van der Waals surface area contributed by atoms with Crippen molar-refractivity contribution in [1.29, 1.82) is 0 Å². The summed E-state index contributed by atoms with van der Waals surface area (Å²) in [6.45, 7) is 4.74. The highest BCUT2D eigenvalue weighted by molar-refractivity contribution is 5.79. The summed E-state index contributed by atoms with van der Waals surface area (Å²) in [4.78, 5) is 24.2. The molecule has 0 saturated heterocycles. The van der Waals surface area contributed by atoms with Gasteiger partial charge in [0.2, 0.25) is 5.91 Å². The second-order valence-corrected chi connectivity index (χ2v) is 4.65. The molecule has 0 aromatic rings. The monoisotopic (exact) mass is 242 g/mol. The summed E-state index contributed by atoms with van der Waals surface area (Å²) < 4.78 is 0. The summed E-state index contributed by atoms with van der Waals surface area (Å²) in [5.74, 6) is -0.826. The molecular formula is C12H22N2O3. The van der Waals surface area contributed by atoms with Crippen molar-refractivity contribution in [3.63, 3.8) is 0 Å². The second kappa shape index (κ2) is 6.59. The standard InChI is InChI=1S/C12H22N2O3/c1-3-9(2)13-8-11(15)14(10-4-5-10)7-6-12(16)17/h9-10,13H,3-8H2,1-2H3,(H,16,17). The molecule has 1 rings (SSSR count). The summed E-state index contributed by atoms with van der Waals surface area (Å²) in [5, 5.41) is 11.8. The number of hydrogen-bond acceptors (Lipinski definition) is 3. The Morgan fingerprint density at radius 1 is 1.47 bits per heavy atom. The number of carboxylic acid groups (broad SMARTS) is 1. The van der Waals surface area contributed by atoms with E-state index in [0.29, 0.717) is 19.1 Å². The molecule has 1 saturated carbocycles. The van der Waals surface area contributed by atoms with Crippen LogP contribution in [0.25, 0.3) is 0 Å². The summed E-state index contributed by atoms with van der Waals surface area (Å²) in [7, 11) is 0. The topological polar surface area (TPSA) is 69.6 Å². The SMILES string of the molecule is CCC(C)NCC(=O)N(CCC(=O)O)C1CC1. The second-order valence-electron chi connectivity index (χ2n) is 4.65. The van der Waals surface area contributed by atoms with E-state index >= 15 is 0 Å². The zero-order valence-electron chi connectivity index (χ0n) is 10.6. The maximum atomic E-state index is 11.9. The number of nitrogens with one attached hydrogen (secondary N) is 1. The van der Waals surface area contributed by atoms with Crippen LogP contribution >= 0.6 is 0 Å². The number of amides is 1. The molecule has 1 unspecified atom stereocenters. The van der Waals surface area contributed by atoms with Gasteiger partial charge in [-0.15, -0.1) is 0 Å². The van der Waals surface area contributed by atoms with Gasteiger partial charge in [0.15, 0.2) is 0 Å². The molecule has 2 N–H and O–H groups in total. The lowest BCUT2D eigenvalue weighted by molar-refractivity contribution is -0.138. The molecule has 1 aliphatic rings. The minimum absolute atomic E-state index is 0.0223. The predicted molar refractivity (Wildman–Crippen MR) is 64.7 cm³/mol. The maximum Gasteiger partial charge on any atom is 0.305 e. The van der Waals surface area contributed by atoms with E-state index < -0.39 is 5.97 Å². The van der Waals surface area contributed by atoms with Gasteiger partial charge >= 0.3 is 5.97 Å². The lowest BCUT2D eigenvalue weighted by Crippen LogP contribution is -2.42. The molecular weight excluding hydrogens is 220 g/mol. The zero-order chi connectivity index (χ0) is 12.8. The quantitative estimate of drug-likeness (QED) is 0.662. The van der Waals surface area contributed by atoms with E-state index in [2.05, 4.69) is 12.2 Å². The minimum Gasteiger partial charge on any atom is -0.481 e. The Morgan fingerprint density at radius 2 is 2.12 bits per heavy atom. The fourth-order valence-electron chi connectivity index (χ4n) is 1.62. The van der Waals surface area contributed by atoms with Crippen molar-refractivity contribution in [3.8, 4) is 0 Å². The molecule has 0 aliphatic heterocycles. The number of aliphatic carboxylic acids is 1. The molecule has 0 bridgehead atoms. The zero-order valence-corrected chi connectivity index (χ0v) is 10.6. The molecule has 98 valence electrons. The van der Waals surface area contributed by atoms with Crippen LogP contribution in [0.2, 0.25) is 0 Å². The molecule has 17 heavy (non-hydrogen) atoms. The van der Waals surface area contributed by atoms with Gasteiger partial charge in [0.25, 0.3) is 0 Å². The maximum absolute atomic E-state index is 11.9. The third kappa shape index (κ3) is 5.17. The Balaban J connectivity index is 2.35. The van der Waals surface area contributed by atoms with Gasteiger partial charge in [0.1, 0.15) is 0 Å². The van der Waals surface area contributed by atoms with Gasteiger partial charge < -0.3 is 15.3 Å². The van der Waals surface area contributed by atoms with Crippen LogP contribution in [0.15, 0.2) is 0 Å². The molecule has 1 amide bonds. The number of carbonyl (C=O) groups is 2. The van der Waals surface area contributed by atoms with Crippen molar-refractivity contribution in [1.82, 2.24) is 10.2 Å². The lowest BCUT2D eigenvalue weighted by atomic mass is 10.2. The van der Waals surface area contributed by atoms with Crippen molar-refractivity contribution in [2.24, 2.45) is 0 Å². The average molecular weight is 242 g/mol. The average Bonchev–Trinajstić information content (AvgIpc) is 3.09. The minimum atomic E-state index is -0.849. The number of carbonyl (C=O) groups excluding carboxylic acids is 1. The van der Waals surface area contributed by atoms with E-state index in [4.69, 9.17) is 5.11 Å². The molecule has 1 fully saturated rings. The van der Waals surface area contributed by atoms with Crippen molar-refractivity contribution < 1.29 is 14.7 Å². The smallest absolute Gasteiger partial charge is 0.305 e. The molecule has 0 spiro atoms. The van der Waals surface area contributed by atoms with Gasteiger partial charge in [0, 0.05) is 18.6 Å².